The number of esters is 1. The van der Waals surface area contributed by atoms with Crippen LogP contribution in [0.25, 0.3) is 33.6 Å². The summed E-state index contributed by atoms with van der Waals surface area (Å²) in [5.74, 6) is 0.597. The normalized spacial score (nSPS) is 13.2. The summed E-state index contributed by atoms with van der Waals surface area (Å²) in [7, 11) is 0. The fourth-order valence-corrected chi connectivity index (χ4v) is 4.57. The number of aryl methyl sites for hydroxylation is 3. The van der Waals surface area contributed by atoms with Crippen LogP contribution in [0.5, 0.6) is 0 Å². The van der Waals surface area contributed by atoms with Crippen molar-refractivity contribution in [2.24, 2.45) is 0 Å². The lowest BCUT2D eigenvalue weighted by Gasteiger charge is -2.10. The van der Waals surface area contributed by atoms with Gasteiger partial charge in [0.2, 0.25) is 0 Å². The minimum absolute atomic E-state index is 0.125. The molecule has 0 atom stereocenters. The van der Waals surface area contributed by atoms with Gasteiger partial charge in [-0.3, -0.25) is 0 Å². The standard InChI is InChI=1S/C26H22N4O4/c1-15-23(24(30-34-15)16-7-3-2-4-8-16)25-29-28-22(33-25)14-32-26(31)17-11-12-21-19(13-17)18-9-5-6-10-20(18)27-21/h2-4,7-8,11-13,27H,5-6,9-10,14H2,1H3. The van der Waals surface area contributed by atoms with Crippen LogP contribution in [0.4, 0.5) is 0 Å². The van der Waals surface area contributed by atoms with Gasteiger partial charge >= 0.3 is 5.97 Å². The molecule has 3 aromatic heterocycles. The maximum atomic E-state index is 12.7. The molecule has 34 heavy (non-hydrogen) atoms. The Morgan fingerprint density at radius 2 is 1.94 bits per heavy atom. The fraction of sp³-hybridized carbons (Fsp3) is 0.231. The van der Waals surface area contributed by atoms with Crippen molar-refractivity contribution in [3.05, 3.63) is 77.0 Å². The Kier molecular flexibility index (Phi) is 4.98. The Morgan fingerprint density at radius 1 is 1.09 bits per heavy atom. The van der Waals surface area contributed by atoms with Crippen molar-refractivity contribution in [2.45, 2.75) is 39.2 Å². The highest BCUT2D eigenvalue weighted by molar-refractivity contribution is 5.96. The smallest absolute Gasteiger partial charge is 0.338 e. The number of nitrogens with one attached hydrogen (secondary N) is 1. The third-order valence-corrected chi connectivity index (χ3v) is 6.25. The molecule has 170 valence electrons. The molecule has 1 aliphatic rings. The molecule has 0 saturated carbocycles. The van der Waals surface area contributed by atoms with Gasteiger partial charge in [-0.15, -0.1) is 10.2 Å². The topological polar surface area (TPSA) is 107 Å². The van der Waals surface area contributed by atoms with E-state index in [0.29, 0.717) is 22.6 Å². The molecule has 0 fully saturated rings. The first-order valence-corrected chi connectivity index (χ1v) is 11.3. The monoisotopic (exact) mass is 454 g/mol. The summed E-state index contributed by atoms with van der Waals surface area (Å²) in [6.07, 6.45) is 4.46. The number of carbonyl (C=O) groups excluding carboxylic acids is 1. The molecule has 0 saturated heterocycles. The summed E-state index contributed by atoms with van der Waals surface area (Å²) in [5.41, 5.74) is 6.28. The van der Waals surface area contributed by atoms with E-state index in [-0.39, 0.29) is 18.4 Å². The van der Waals surface area contributed by atoms with Crippen LogP contribution in [-0.4, -0.2) is 26.3 Å². The Labute approximate surface area is 194 Å². The molecule has 0 bridgehead atoms. The van der Waals surface area contributed by atoms with Gasteiger partial charge in [-0.05, 0) is 56.4 Å². The third kappa shape index (κ3) is 3.57. The molecular formula is C26H22N4O4. The van der Waals surface area contributed by atoms with Gasteiger partial charge in [0, 0.05) is 22.2 Å². The van der Waals surface area contributed by atoms with Gasteiger partial charge in [0.05, 0.1) is 5.56 Å². The van der Waals surface area contributed by atoms with Crippen LogP contribution in [-0.2, 0) is 24.2 Å². The maximum Gasteiger partial charge on any atom is 0.338 e. The first kappa shape index (κ1) is 20.4. The molecule has 8 nitrogen and oxygen atoms in total. The lowest BCUT2D eigenvalue weighted by atomic mass is 9.95. The van der Waals surface area contributed by atoms with E-state index >= 15 is 0 Å². The van der Waals surface area contributed by atoms with Gasteiger partial charge in [0.15, 0.2) is 6.61 Å². The predicted molar refractivity (Wildman–Crippen MR) is 124 cm³/mol. The Hall–Kier alpha value is -4.20. The number of hydrogen-bond acceptors (Lipinski definition) is 7. The number of rotatable bonds is 5. The van der Waals surface area contributed by atoms with Crippen molar-refractivity contribution in [1.82, 2.24) is 20.3 Å². The average Bonchev–Trinajstić information content (AvgIpc) is 3.59. The van der Waals surface area contributed by atoms with E-state index in [9.17, 15) is 4.79 Å². The lowest BCUT2D eigenvalue weighted by Crippen LogP contribution is -2.05. The summed E-state index contributed by atoms with van der Waals surface area (Å²) in [6.45, 7) is 1.66. The molecule has 0 spiro atoms. The minimum Gasteiger partial charge on any atom is -0.452 e. The molecule has 0 amide bonds. The summed E-state index contributed by atoms with van der Waals surface area (Å²) >= 11 is 0. The van der Waals surface area contributed by atoms with Crippen molar-refractivity contribution in [3.63, 3.8) is 0 Å². The molecular weight excluding hydrogens is 432 g/mol. The summed E-state index contributed by atoms with van der Waals surface area (Å²) < 4.78 is 16.6. The predicted octanol–water partition coefficient (Wildman–Crippen LogP) is 5.42. The van der Waals surface area contributed by atoms with Gasteiger partial charge in [-0.2, -0.15) is 0 Å². The molecule has 0 aliphatic heterocycles. The fourth-order valence-electron chi connectivity index (χ4n) is 4.57. The molecule has 1 aliphatic carbocycles. The molecule has 1 N–H and O–H groups in total. The van der Waals surface area contributed by atoms with Gasteiger partial charge < -0.3 is 18.7 Å². The first-order valence-electron chi connectivity index (χ1n) is 11.3. The summed E-state index contributed by atoms with van der Waals surface area (Å²) in [6, 6.07) is 15.2. The van der Waals surface area contributed by atoms with Crippen LogP contribution in [0.3, 0.4) is 0 Å². The molecule has 3 heterocycles. The second-order valence-corrected chi connectivity index (χ2v) is 8.46. The van der Waals surface area contributed by atoms with E-state index in [1.165, 1.54) is 24.1 Å². The summed E-state index contributed by atoms with van der Waals surface area (Å²) in [4.78, 5) is 16.2. The lowest BCUT2D eigenvalue weighted by molar-refractivity contribution is 0.0439. The first-order chi connectivity index (χ1) is 16.7. The minimum atomic E-state index is -0.432. The summed E-state index contributed by atoms with van der Waals surface area (Å²) in [5, 5.41) is 13.4. The average molecular weight is 454 g/mol. The van der Waals surface area contributed by atoms with Crippen molar-refractivity contribution < 1.29 is 18.5 Å². The van der Waals surface area contributed by atoms with Crippen molar-refractivity contribution in [2.75, 3.05) is 0 Å². The second-order valence-electron chi connectivity index (χ2n) is 8.46. The van der Waals surface area contributed by atoms with Crippen molar-refractivity contribution >= 4 is 16.9 Å². The van der Waals surface area contributed by atoms with Crippen LogP contribution in [0.1, 0.15) is 46.1 Å². The van der Waals surface area contributed by atoms with Crippen molar-refractivity contribution in [1.29, 1.82) is 0 Å². The highest BCUT2D eigenvalue weighted by Gasteiger charge is 2.23. The third-order valence-electron chi connectivity index (χ3n) is 6.25. The van der Waals surface area contributed by atoms with Gasteiger partial charge in [-0.25, -0.2) is 4.79 Å². The van der Waals surface area contributed by atoms with Crippen LogP contribution < -0.4 is 0 Å². The Morgan fingerprint density at radius 3 is 2.82 bits per heavy atom. The van der Waals surface area contributed by atoms with Gasteiger partial charge in [-0.1, -0.05) is 35.5 Å². The molecule has 0 radical (unpaired) electrons. The molecule has 2 aromatic carbocycles. The van der Waals surface area contributed by atoms with E-state index in [2.05, 4.69) is 20.3 Å². The highest BCUT2D eigenvalue weighted by Crippen LogP contribution is 2.33. The maximum absolute atomic E-state index is 12.7. The van der Waals surface area contributed by atoms with Crippen LogP contribution >= 0.6 is 0 Å². The molecule has 0 unspecified atom stereocenters. The van der Waals surface area contributed by atoms with Crippen LogP contribution in [0.15, 0.2) is 57.5 Å². The van der Waals surface area contributed by atoms with Crippen molar-refractivity contribution in [3.8, 4) is 22.7 Å². The number of aromatic amines is 1. The van der Waals surface area contributed by atoms with E-state index in [4.69, 9.17) is 13.7 Å². The van der Waals surface area contributed by atoms with E-state index in [0.717, 1.165) is 29.3 Å². The Balaban J connectivity index is 1.20. The van der Waals surface area contributed by atoms with Crippen LogP contribution in [0.2, 0.25) is 0 Å². The molecule has 6 rings (SSSR count). The van der Waals surface area contributed by atoms with E-state index in [1.54, 1.807) is 13.0 Å². The zero-order chi connectivity index (χ0) is 23.1. The van der Waals surface area contributed by atoms with Crippen LogP contribution in [0, 0.1) is 6.92 Å². The van der Waals surface area contributed by atoms with Gasteiger partial charge in [0.1, 0.15) is 17.0 Å². The Bertz CT molecular complexity index is 1500. The molecule has 5 aromatic rings. The van der Waals surface area contributed by atoms with E-state index in [1.807, 2.05) is 42.5 Å². The number of fused-ring (bicyclic) bond motifs is 3. The quantitative estimate of drug-likeness (QED) is 0.354. The zero-order valence-electron chi connectivity index (χ0n) is 18.6. The largest absolute Gasteiger partial charge is 0.452 e. The number of ether oxygens (including phenoxy) is 1. The number of nitrogens with zero attached hydrogens (tertiary/aromatic N) is 3. The number of benzene rings is 2. The highest BCUT2D eigenvalue weighted by atomic mass is 16.5. The number of hydrogen-bond donors (Lipinski definition) is 1. The SMILES string of the molecule is Cc1onc(-c2ccccc2)c1-c1nnc(COC(=O)c2ccc3[nH]c4c(c3c2)CCCC4)o1. The number of H-pyrrole nitrogens is 1. The van der Waals surface area contributed by atoms with E-state index < -0.39 is 5.97 Å². The zero-order valence-corrected chi connectivity index (χ0v) is 18.6. The number of carbonyl (C=O) groups is 1. The molecule has 8 heteroatoms. The van der Waals surface area contributed by atoms with Gasteiger partial charge in [0.25, 0.3) is 11.8 Å². The second kappa shape index (κ2) is 8.30. The number of aromatic nitrogens is 4.